The molecule has 0 bridgehead atoms. The molecule has 9 heteroatoms. The van der Waals surface area contributed by atoms with Gasteiger partial charge in [0.25, 0.3) is 0 Å². The monoisotopic (exact) mass is 533 g/mol. The quantitative estimate of drug-likeness (QED) is 0.402. The molecule has 9 nitrogen and oxygen atoms in total. The van der Waals surface area contributed by atoms with Crippen LogP contribution >= 0.6 is 0 Å². The number of nitrogens with one attached hydrogen (secondary N) is 2. The number of alkyl carbamates (subject to hydrolysis) is 1. The number of benzene rings is 1. The van der Waals surface area contributed by atoms with E-state index in [0.29, 0.717) is 18.4 Å². The van der Waals surface area contributed by atoms with Crippen LogP contribution in [0.5, 0.6) is 0 Å². The highest BCUT2D eigenvalue weighted by Crippen LogP contribution is 2.34. The highest BCUT2D eigenvalue weighted by molar-refractivity contribution is 5.94. The number of carbonyl (C=O) groups excluding carboxylic acids is 4. The van der Waals surface area contributed by atoms with E-state index in [1.54, 1.807) is 25.7 Å². The van der Waals surface area contributed by atoms with E-state index < -0.39 is 47.1 Å². The van der Waals surface area contributed by atoms with Crippen molar-refractivity contribution in [2.75, 3.05) is 13.7 Å². The number of aryl methyl sites for hydroxylation is 2. The van der Waals surface area contributed by atoms with Gasteiger partial charge in [0.2, 0.25) is 11.8 Å². The van der Waals surface area contributed by atoms with Crippen LogP contribution < -0.4 is 10.6 Å². The Hall–Kier alpha value is -3.10. The summed E-state index contributed by atoms with van der Waals surface area (Å²) in [4.78, 5) is 54.3. The van der Waals surface area contributed by atoms with E-state index in [1.165, 1.54) is 7.11 Å². The maximum atomic E-state index is 14.4. The lowest BCUT2D eigenvalue weighted by molar-refractivity contribution is -0.151. The van der Waals surface area contributed by atoms with E-state index in [-0.39, 0.29) is 12.5 Å². The molecule has 0 aliphatic carbocycles. The van der Waals surface area contributed by atoms with Gasteiger partial charge in [-0.1, -0.05) is 51.0 Å². The average Bonchev–Trinajstić information content (AvgIpc) is 2.82. The summed E-state index contributed by atoms with van der Waals surface area (Å²) in [5.74, 6) is -1.77. The van der Waals surface area contributed by atoms with Crippen molar-refractivity contribution >= 4 is 23.9 Å². The normalized spacial score (nSPS) is 14.1. The largest absolute Gasteiger partial charge is 0.468 e. The van der Waals surface area contributed by atoms with Crippen molar-refractivity contribution in [3.8, 4) is 0 Å². The Bertz CT molecular complexity index is 999. The Morgan fingerprint density at radius 1 is 1.03 bits per heavy atom. The number of esters is 1. The third kappa shape index (κ3) is 9.03. The first-order chi connectivity index (χ1) is 17.5. The van der Waals surface area contributed by atoms with Gasteiger partial charge in [-0.3, -0.25) is 14.4 Å². The number of rotatable bonds is 11. The number of nitrogens with zero attached hydrogens (tertiary/aromatic N) is 1. The summed E-state index contributed by atoms with van der Waals surface area (Å²) in [5, 5.41) is 5.41. The summed E-state index contributed by atoms with van der Waals surface area (Å²) >= 11 is 0. The van der Waals surface area contributed by atoms with Crippen LogP contribution in [0.2, 0.25) is 0 Å². The fourth-order valence-electron chi connectivity index (χ4n) is 4.07. The van der Waals surface area contributed by atoms with Crippen molar-refractivity contribution in [2.45, 2.75) is 105 Å². The molecule has 0 fully saturated rings. The van der Waals surface area contributed by atoms with Crippen LogP contribution in [0.15, 0.2) is 18.2 Å². The third-order valence-corrected chi connectivity index (χ3v) is 6.77. The van der Waals surface area contributed by atoms with Crippen molar-refractivity contribution in [1.29, 1.82) is 0 Å². The van der Waals surface area contributed by atoms with Gasteiger partial charge in [0, 0.05) is 5.54 Å². The molecule has 214 valence electrons. The Morgan fingerprint density at radius 2 is 1.63 bits per heavy atom. The fourth-order valence-corrected chi connectivity index (χ4v) is 4.07. The molecule has 1 rings (SSSR count). The summed E-state index contributed by atoms with van der Waals surface area (Å²) < 4.78 is 10.1. The number of carbonyl (C=O) groups is 4. The van der Waals surface area contributed by atoms with Crippen molar-refractivity contribution in [3.63, 3.8) is 0 Å². The van der Waals surface area contributed by atoms with Gasteiger partial charge in [-0.15, -0.1) is 0 Å². The van der Waals surface area contributed by atoms with Crippen LogP contribution in [-0.2, 0) is 23.9 Å². The SMILES string of the molecule is CCC(C)C(NC(=O)OC(C)(C)C)C(=O)N(C(C(=O)NCC(=O)OC)c1ccc(C)cc1C)C(C)(C)CC. The molecular weight excluding hydrogens is 486 g/mol. The van der Waals surface area contributed by atoms with E-state index >= 15 is 0 Å². The molecule has 3 amide bonds. The second kappa shape index (κ2) is 13.6. The van der Waals surface area contributed by atoms with Crippen LogP contribution in [0.4, 0.5) is 4.79 Å². The van der Waals surface area contributed by atoms with Crippen LogP contribution in [0, 0.1) is 19.8 Å². The standard InChI is InChI=1S/C29H47N3O6/c1-12-19(4)23(31-27(36)38-28(6,7)8)26(35)32(29(9,10)13-2)24(25(34)30-17-22(33)37-11)21-15-14-18(3)16-20(21)5/h14-16,19,23-24H,12-13,17H2,1-11H3,(H,30,34)(H,31,36). The number of hydrogen-bond acceptors (Lipinski definition) is 6. The predicted molar refractivity (Wildman–Crippen MR) is 148 cm³/mol. The van der Waals surface area contributed by atoms with Gasteiger partial charge in [-0.25, -0.2) is 4.79 Å². The molecule has 0 spiro atoms. The summed E-state index contributed by atoms with van der Waals surface area (Å²) in [6.07, 6.45) is 0.433. The molecule has 0 aliphatic heterocycles. The maximum Gasteiger partial charge on any atom is 0.408 e. The zero-order valence-electron chi connectivity index (χ0n) is 25.0. The molecule has 0 aromatic heterocycles. The second-order valence-corrected chi connectivity index (χ2v) is 11.4. The van der Waals surface area contributed by atoms with Crippen LogP contribution in [0.3, 0.4) is 0 Å². The van der Waals surface area contributed by atoms with Gasteiger partial charge in [-0.05, 0) is 71.9 Å². The predicted octanol–water partition coefficient (Wildman–Crippen LogP) is 4.59. The molecule has 2 N–H and O–H groups in total. The van der Waals surface area contributed by atoms with Crippen LogP contribution in [-0.4, -0.2) is 59.6 Å². The zero-order chi connectivity index (χ0) is 29.4. The smallest absolute Gasteiger partial charge is 0.408 e. The van der Waals surface area contributed by atoms with Crippen molar-refractivity contribution in [1.82, 2.24) is 15.5 Å². The Morgan fingerprint density at radius 3 is 2.11 bits per heavy atom. The van der Waals surface area contributed by atoms with E-state index in [0.717, 1.165) is 11.1 Å². The van der Waals surface area contributed by atoms with Crippen LogP contribution in [0.25, 0.3) is 0 Å². The lowest BCUT2D eigenvalue weighted by atomic mass is 9.88. The summed E-state index contributed by atoms with van der Waals surface area (Å²) in [6.45, 7) is 18.3. The van der Waals surface area contributed by atoms with Gasteiger partial charge < -0.3 is 25.0 Å². The molecule has 0 heterocycles. The minimum Gasteiger partial charge on any atom is -0.468 e. The third-order valence-electron chi connectivity index (χ3n) is 6.77. The van der Waals surface area contributed by atoms with Gasteiger partial charge in [0.1, 0.15) is 24.2 Å². The molecule has 0 saturated carbocycles. The van der Waals surface area contributed by atoms with Crippen molar-refractivity contribution in [3.05, 3.63) is 34.9 Å². The molecule has 3 unspecified atom stereocenters. The molecule has 0 saturated heterocycles. The molecule has 0 aliphatic rings. The minimum absolute atomic E-state index is 0.247. The first kappa shape index (κ1) is 32.9. The van der Waals surface area contributed by atoms with E-state index in [2.05, 4.69) is 10.6 Å². The van der Waals surface area contributed by atoms with E-state index in [9.17, 15) is 19.2 Å². The van der Waals surface area contributed by atoms with Gasteiger partial charge >= 0.3 is 12.1 Å². The Kier molecular flexibility index (Phi) is 11.8. The van der Waals surface area contributed by atoms with Gasteiger partial charge in [-0.2, -0.15) is 0 Å². The highest BCUT2D eigenvalue weighted by Gasteiger charge is 2.44. The zero-order valence-corrected chi connectivity index (χ0v) is 25.0. The number of hydrogen-bond donors (Lipinski definition) is 2. The summed E-state index contributed by atoms with van der Waals surface area (Å²) in [7, 11) is 1.24. The molecule has 1 aromatic carbocycles. The highest BCUT2D eigenvalue weighted by atomic mass is 16.6. The number of ether oxygens (including phenoxy) is 2. The average molecular weight is 534 g/mol. The lowest BCUT2D eigenvalue weighted by Crippen LogP contribution is -2.61. The molecule has 3 atom stereocenters. The van der Waals surface area contributed by atoms with Crippen molar-refractivity contribution < 1.29 is 28.7 Å². The first-order valence-corrected chi connectivity index (χ1v) is 13.2. The maximum absolute atomic E-state index is 14.4. The summed E-state index contributed by atoms with van der Waals surface area (Å²) in [5.41, 5.74) is 0.936. The molecule has 1 aromatic rings. The lowest BCUT2D eigenvalue weighted by Gasteiger charge is -2.45. The van der Waals surface area contributed by atoms with E-state index in [1.807, 2.05) is 66.7 Å². The Labute approximate surface area is 228 Å². The topological polar surface area (TPSA) is 114 Å². The Balaban J connectivity index is 3.73. The van der Waals surface area contributed by atoms with E-state index in [4.69, 9.17) is 9.47 Å². The van der Waals surface area contributed by atoms with Gasteiger partial charge in [0.05, 0.1) is 7.11 Å². The fraction of sp³-hybridized carbons (Fsp3) is 0.655. The minimum atomic E-state index is -1.06. The van der Waals surface area contributed by atoms with Gasteiger partial charge in [0.15, 0.2) is 0 Å². The number of amides is 3. The van der Waals surface area contributed by atoms with Crippen LogP contribution in [0.1, 0.15) is 91.0 Å². The number of methoxy groups -OCH3 is 1. The molecule has 0 radical (unpaired) electrons. The van der Waals surface area contributed by atoms with Crippen molar-refractivity contribution in [2.24, 2.45) is 5.92 Å². The summed E-state index contributed by atoms with van der Waals surface area (Å²) in [6, 6.07) is 3.66. The molecule has 38 heavy (non-hydrogen) atoms. The first-order valence-electron chi connectivity index (χ1n) is 13.2. The second-order valence-electron chi connectivity index (χ2n) is 11.4. The molecular formula is C29H47N3O6.